The number of carbonyl (C=O) groups is 2. The van der Waals surface area contributed by atoms with Crippen molar-refractivity contribution in [1.29, 1.82) is 0 Å². The number of rotatable bonds is 6. The van der Waals surface area contributed by atoms with Crippen LogP contribution in [0, 0.1) is 5.92 Å². The quantitative estimate of drug-likeness (QED) is 0.255. The highest BCUT2D eigenvalue weighted by Gasteiger charge is 2.39. The molecule has 1 saturated carbocycles. The van der Waals surface area contributed by atoms with Crippen molar-refractivity contribution < 1.29 is 27.5 Å². The third-order valence-corrected chi connectivity index (χ3v) is 8.57. The largest absolute Gasteiger partial charge is 0.452 e. The molecule has 1 N–H and O–H groups in total. The van der Waals surface area contributed by atoms with Gasteiger partial charge in [-0.25, -0.2) is 4.79 Å². The topological polar surface area (TPSA) is 58.6 Å². The number of hydrogen-bond acceptors (Lipinski definition) is 4. The van der Waals surface area contributed by atoms with Crippen molar-refractivity contribution in [3.63, 3.8) is 0 Å². The molecule has 1 aliphatic carbocycles. The zero-order valence-electron chi connectivity index (χ0n) is 23.4. The van der Waals surface area contributed by atoms with Gasteiger partial charge in [-0.15, -0.1) is 0 Å². The van der Waals surface area contributed by atoms with Crippen LogP contribution in [0.3, 0.4) is 0 Å². The van der Waals surface area contributed by atoms with Gasteiger partial charge in [0.15, 0.2) is 6.61 Å². The van der Waals surface area contributed by atoms with Crippen molar-refractivity contribution in [2.24, 2.45) is 5.92 Å². The van der Waals surface area contributed by atoms with Crippen molar-refractivity contribution in [2.45, 2.75) is 31.0 Å². The second-order valence-electron chi connectivity index (χ2n) is 11.5. The monoisotopic (exact) mass is 572 g/mol. The van der Waals surface area contributed by atoms with Crippen molar-refractivity contribution >= 4 is 22.6 Å². The summed E-state index contributed by atoms with van der Waals surface area (Å²) in [6, 6.07) is 23.3. The number of esters is 1. The predicted molar refractivity (Wildman–Crippen MR) is 156 cm³/mol. The lowest BCUT2D eigenvalue weighted by Crippen LogP contribution is -2.28. The first-order chi connectivity index (χ1) is 20.1. The van der Waals surface area contributed by atoms with Crippen LogP contribution in [0.15, 0.2) is 78.9 Å². The number of fused-ring (bicyclic) bond motifs is 3. The van der Waals surface area contributed by atoms with Gasteiger partial charge in [-0.05, 0) is 100 Å². The zero-order valence-corrected chi connectivity index (χ0v) is 23.4. The van der Waals surface area contributed by atoms with Crippen molar-refractivity contribution in [2.75, 3.05) is 27.2 Å². The van der Waals surface area contributed by atoms with Crippen LogP contribution in [-0.2, 0) is 15.7 Å². The Balaban J connectivity index is 1.37. The Hall–Kier alpha value is -4.17. The SMILES string of the molecule is CN(C)C(=O)COC(=O)c1cc(-c2ccc([C@H]3C[C@H]4C[C@@H]3CN4)cc2)c2ccc(-c3ccc(C(F)(F)F)cc3)cc2c1. The lowest BCUT2D eigenvalue weighted by molar-refractivity contribution is -0.137. The zero-order chi connectivity index (χ0) is 29.6. The Morgan fingerprint density at radius 3 is 2.19 bits per heavy atom. The number of nitrogens with one attached hydrogen (secondary N) is 1. The van der Waals surface area contributed by atoms with Gasteiger partial charge in [0.2, 0.25) is 0 Å². The number of nitrogens with zero attached hydrogens (tertiary/aromatic N) is 1. The van der Waals surface area contributed by atoms with E-state index in [1.165, 1.54) is 29.0 Å². The summed E-state index contributed by atoms with van der Waals surface area (Å²) in [5.74, 6) is 0.247. The molecule has 0 spiro atoms. The molecule has 6 rings (SSSR count). The number of amides is 1. The summed E-state index contributed by atoms with van der Waals surface area (Å²) in [6.45, 7) is 0.682. The first-order valence-electron chi connectivity index (χ1n) is 14.0. The van der Waals surface area contributed by atoms with E-state index in [9.17, 15) is 22.8 Å². The lowest BCUT2D eigenvalue weighted by Gasteiger charge is -2.23. The number of ether oxygens (including phenoxy) is 1. The van der Waals surface area contributed by atoms with E-state index in [4.69, 9.17) is 4.74 Å². The van der Waals surface area contributed by atoms with E-state index in [-0.39, 0.29) is 18.1 Å². The molecule has 5 nitrogen and oxygen atoms in total. The molecule has 1 aliphatic heterocycles. The van der Waals surface area contributed by atoms with E-state index in [0.717, 1.165) is 52.6 Å². The maximum atomic E-state index is 13.1. The predicted octanol–water partition coefficient (Wildman–Crippen LogP) is 6.90. The lowest BCUT2D eigenvalue weighted by atomic mass is 9.86. The van der Waals surface area contributed by atoms with Crippen LogP contribution < -0.4 is 5.32 Å². The van der Waals surface area contributed by atoms with Gasteiger partial charge in [0.25, 0.3) is 5.91 Å². The molecular weight excluding hydrogens is 541 g/mol. The molecule has 1 amide bonds. The summed E-state index contributed by atoms with van der Waals surface area (Å²) >= 11 is 0. The van der Waals surface area contributed by atoms with E-state index in [1.54, 1.807) is 26.2 Å². The Bertz CT molecular complexity index is 1650. The van der Waals surface area contributed by atoms with Crippen LogP contribution in [0.4, 0.5) is 13.2 Å². The highest BCUT2D eigenvalue weighted by molar-refractivity contribution is 6.04. The fourth-order valence-electron chi connectivity index (χ4n) is 6.25. The Kier molecular flexibility index (Phi) is 7.27. The molecule has 2 fully saturated rings. The smallest absolute Gasteiger partial charge is 0.416 e. The van der Waals surface area contributed by atoms with E-state index >= 15 is 0 Å². The Morgan fingerprint density at radius 2 is 1.57 bits per heavy atom. The molecule has 2 aliphatic rings. The summed E-state index contributed by atoms with van der Waals surface area (Å²) in [7, 11) is 3.17. The first-order valence-corrected chi connectivity index (χ1v) is 14.0. The molecular formula is C34H31F3N2O3. The van der Waals surface area contributed by atoms with Crippen LogP contribution >= 0.6 is 0 Å². The van der Waals surface area contributed by atoms with E-state index < -0.39 is 17.7 Å². The summed E-state index contributed by atoms with van der Waals surface area (Å²) in [5.41, 5.74) is 4.01. The highest BCUT2D eigenvalue weighted by atomic mass is 19.4. The van der Waals surface area contributed by atoms with E-state index in [1.807, 2.05) is 18.2 Å². The Morgan fingerprint density at radius 1 is 0.881 bits per heavy atom. The summed E-state index contributed by atoms with van der Waals surface area (Å²) in [6.07, 6.45) is -2.05. The third-order valence-electron chi connectivity index (χ3n) is 8.57. The van der Waals surface area contributed by atoms with Crippen LogP contribution in [0.1, 0.15) is 40.2 Å². The van der Waals surface area contributed by atoms with Gasteiger partial charge in [-0.3, -0.25) is 4.79 Å². The highest BCUT2D eigenvalue weighted by Crippen LogP contribution is 2.44. The minimum atomic E-state index is -4.41. The second-order valence-corrected chi connectivity index (χ2v) is 11.5. The summed E-state index contributed by atoms with van der Waals surface area (Å²) in [5, 5.41) is 5.19. The molecule has 3 atom stereocenters. The number of hydrogen-bond donors (Lipinski definition) is 1. The average molecular weight is 573 g/mol. The summed E-state index contributed by atoms with van der Waals surface area (Å²) < 4.78 is 44.6. The molecule has 0 aromatic heterocycles. The number of piperidine rings is 1. The standard InChI is InChI=1S/C34H31F3N2O3/c1-39(2)32(40)19-42-33(41)25-14-24-13-23(20-7-10-27(11-8-20)34(35,36)37)9-12-29(24)31(16-25)22-5-3-21(4-6-22)30-17-28-15-26(30)18-38-28/h3-14,16,26,28,30,38H,15,17-19H2,1-2H3/t26-,28-,30-/m1/s1. The molecule has 8 heteroatoms. The van der Waals surface area contributed by atoms with Gasteiger partial charge in [-0.1, -0.05) is 48.5 Å². The molecule has 1 heterocycles. The van der Waals surface area contributed by atoms with Gasteiger partial charge in [-0.2, -0.15) is 13.2 Å². The molecule has 0 unspecified atom stereocenters. The van der Waals surface area contributed by atoms with Crippen molar-refractivity contribution in [1.82, 2.24) is 10.2 Å². The van der Waals surface area contributed by atoms with Gasteiger partial charge >= 0.3 is 12.1 Å². The third kappa shape index (κ3) is 5.51. The maximum Gasteiger partial charge on any atom is 0.416 e. The molecule has 216 valence electrons. The van der Waals surface area contributed by atoms with Gasteiger partial charge in [0.1, 0.15) is 0 Å². The van der Waals surface area contributed by atoms with Crippen LogP contribution in [0.2, 0.25) is 0 Å². The fourth-order valence-corrected chi connectivity index (χ4v) is 6.25. The molecule has 2 bridgehead atoms. The molecule has 1 saturated heterocycles. The van der Waals surface area contributed by atoms with Gasteiger partial charge in [0.05, 0.1) is 11.1 Å². The van der Waals surface area contributed by atoms with Gasteiger partial charge < -0.3 is 15.0 Å². The van der Waals surface area contributed by atoms with Crippen molar-refractivity contribution in [3.05, 3.63) is 95.6 Å². The summed E-state index contributed by atoms with van der Waals surface area (Å²) in [4.78, 5) is 26.5. The van der Waals surface area contributed by atoms with Crippen LogP contribution in [0.5, 0.6) is 0 Å². The molecule has 0 radical (unpaired) electrons. The maximum absolute atomic E-state index is 13.1. The normalized spacial score (nSPS) is 19.7. The van der Waals surface area contributed by atoms with E-state index in [2.05, 4.69) is 29.6 Å². The van der Waals surface area contributed by atoms with E-state index in [0.29, 0.717) is 23.4 Å². The fraction of sp³-hybridized carbons (Fsp3) is 0.294. The number of alkyl halides is 3. The number of likely N-dealkylation sites (N-methyl/N-ethyl adjacent to an activating group) is 1. The minimum absolute atomic E-state index is 0.289. The number of carbonyl (C=O) groups excluding carboxylic acids is 2. The molecule has 4 aromatic carbocycles. The van der Waals surface area contributed by atoms with Crippen molar-refractivity contribution in [3.8, 4) is 22.3 Å². The number of halogens is 3. The Labute approximate surface area is 242 Å². The van der Waals surface area contributed by atoms with Gasteiger partial charge in [0, 0.05) is 20.1 Å². The number of benzene rings is 4. The average Bonchev–Trinajstić information content (AvgIpc) is 3.63. The van der Waals surface area contributed by atoms with Crippen LogP contribution in [0.25, 0.3) is 33.0 Å². The first kappa shape index (κ1) is 28.0. The minimum Gasteiger partial charge on any atom is -0.452 e. The second kappa shape index (κ2) is 10.9. The molecule has 42 heavy (non-hydrogen) atoms. The molecule has 4 aromatic rings. The van der Waals surface area contributed by atoms with Crippen LogP contribution in [-0.4, -0.2) is 50.1 Å².